The molecule has 1 fully saturated rings. The van der Waals surface area contributed by atoms with Crippen LogP contribution in [0.15, 0.2) is 48.5 Å². The first-order valence-electron chi connectivity index (χ1n) is 12.0. The standard InChI is InChI=1S/C27H32N2O5/c1-16(2)24(25(30)28-18-9-7-8-17(14-18)26(31)32)29-27(33)34-15-23-21-12-5-3-10-19(21)20-11-4-6-13-22(20)23/h3-6,10-13,16-18,23-24H,7-9,14-15H2,1-2H3,(H,28,30)(H,29,33)(H,31,32). The molecule has 7 heteroatoms. The molecule has 0 radical (unpaired) electrons. The summed E-state index contributed by atoms with van der Waals surface area (Å²) in [6, 6.07) is 15.3. The van der Waals surface area contributed by atoms with Crippen LogP contribution in [0.2, 0.25) is 0 Å². The molecule has 4 rings (SSSR count). The Hall–Kier alpha value is -3.35. The Morgan fingerprint density at radius 1 is 1.00 bits per heavy atom. The maximum absolute atomic E-state index is 12.9. The van der Waals surface area contributed by atoms with E-state index in [1.165, 1.54) is 0 Å². The van der Waals surface area contributed by atoms with Gasteiger partial charge in [0.15, 0.2) is 0 Å². The minimum Gasteiger partial charge on any atom is -0.481 e. The molecule has 34 heavy (non-hydrogen) atoms. The number of fused-ring (bicyclic) bond motifs is 3. The van der Waals surface area contributed by atoms with Crippen LogP contribution < -0.4 is 10.6 Å². The van der Waals surface area contributed by atoms with Crippen LogP contribution in [-0.4, -0.2) is 41.8 Å². The van der Waals surface area contributed by atoms with E-state index in [9.17, 15) is 19.5 Å². The van der Waals surface area contributed by atoms with Crippen LogP contribution in [0.4, 0.5) is 4.79 Å². The number of carbonyl (C=O) groups excluding carboxylic acids is 2. The first kappa shape index (κ1) is 23.8. The van der Waals surface area contributed by atoms with Crippen molar-refractivity contribution < 1.29 is 24.2 Å². The smallest absolute Gasteiger partial charge is 0.407 e. The van der Waals surface area contributed by atoms with Crippen molar-refractivity contribution in [3.8, 4) is 11.1 Å². The topological polar surface area (TPSA) is 105 Å². The Morgan fingerprint density at radius 3 is 2.21 bits per heavy atom. The van der Waals surface area contributed by atoms with Crippen LogP contribution in [-0.2, 0) is 14.3 Å². The molecule has 3 unspecified atom stereocenters. The van der Waals surface area contributed by atoms with Crippen LogP contribution in [0.3, 0.4) is 0 Å². The molecular formula is C27H32N2O5. The quantitative estimate of drug-likeness (QED) is 0.566. The summed E-state index contributed by atoms with van der Waals surface area (Å²) in [6.45, 7) is 3.89. The van der Waals surface area contributed by atoms with Crippen molar-refractivity contribution in [3.63, 3.8) is 0 Å². The first-order chi connectivity index (χ1) is 16.3. The van der Waals surface area contributed by atoms with Gasteiger partial charge in [-0.3, -0.25) is 9.59 Å². The van der Waals surface area contributed by atoms with Gasteiger partial charge in [0.25, 0.3) is 0 Å². The van der Waals surface area contributed by atoms with Gasteiger partial charge in [0, 0.05) is 12.0 Å². The summed E-state index contributed by atoms with van der Waals surface area (Å²) in [5.41, 5.74) is 4.55. The van der Waals surface area contributed by atoms with Gasteiger partial charge < -0.3 is 20.5 Å². The fourth-order valence-corrected chi connectivity index (χ4v) is 5.14. The van der Waals surface area contributed by atoms with Gasteiger partial charge in [0.1, 0.15) is 12.6 Å². The van der Waals surface area contributed by atoms with E-state index in [1.54, 1.807) is 0 Å². The number of alkyl carbamates (subject to hydrolysis) is 1. The largest absolute Gasteiger partial charge is 0.481 e. The van der Waals surface area contributed by atoms with Gasteiger partial charge in [-0.2, -0.15) is 0 Å². The Morgan fingerprint density at radius 2 is 1.62 bits per heavy atom. The van der Waals surface area contributed by atoms with Crippen LogP contribution in [0, 0.1) is 11.8 Å². The minimum absolute atomic E-state index is 0.0559. The van der Waals surface area contributed by atoms with Crippen molar-refractivity contribution >= 4 is 18.0 Å². The van der Waals surface area contributed by atoms with Crippen LogP contribution >= 0.6 is 0 Å². The zero-order valence-corrected chi connectivity index (χ0v) is 19.6. The molecule has 2 aromatic carbocycles. The molecule has 0 spiro atoms. The number of hydrogen-bond acceptors (Lipinski definition) is 4. The number of benzene rings is 2. The number of nitrogens with one attached hydrogen (secondary N) is 2. The van der Waals surface area contributed by atoms with Crippen molar-refractivity contribution in [2.75, 3.05) is 6.61 Å². The Bertz CT molecular complexity index is 1020. The summed E-state index contributed by atoms with van der Waals surface area (Å²) in [7, 11) is 0. The molecule has 2 amide bonds. The number of carbonyl (C=O) groups is 3. The van der Waals surface area contributed by atoms with Crippen molar-refractivity contribution in [3.05, 3.63) is 59.7 Å². The summed E-state index contributed by atoms with van der Waals surface area (Å²) >= 11 is 0. The Labute approximate surface area is 199 Å². The molecule has 180 valence electrons. The fraction of sp³-hybridized carbons (Fsp3) is 0.444. The summed E-state index contributed by atoms with van der Waals surface area (Å²) in [4.78, 5) is 36.9. The zero-order chi connectivity index (χ0) is 24.2. The lowest BCUT2D eigenvalue weighted by Crippen LogP contribution is -2.53. The van der Waals surface area contributed by atoms with Gasteiger partial charge in [-0.15, -0.1) is 0 Å². The number of carboxylic acids is 1. The SMILES string of the molecule is CC(C)C(NC(=O)OCC1c2ccccc2-c2ccccc21)C(=O)NC1CCCC(C(=O)O)C1. The molecule has 2 aromatic rings. The second-order valence-electron chi connectivity index (χ2n) is 9.60. The highest BCUT2D eigenvalue weighted by atomic mass is 16.5. The van der Waals surface area contributed by atoms with E-state index in [2.05, 4.69) is 34.9 Å². The second kappa shape index (κ2) is 10.3. The highest BCUT2D eigenvalue weighted by Gasteiger charge is 2.32. The molecule has 2 aliphatic carbocycles. The third-order valence-electron chi connectivity index (χ3n) is 6.94. The summed E-state index contributed by atoms with van der Waals surface area (Å²) in [6.07, 6.45) is 1.91. The maximum Gasteiger partial charge on any atom is 0.407 e. The number of ether oxygens (including phenoxy) is 1. The Kier molecular flexibility index (Phi) is 7.20. The number of amides is 2. The van der Waals surface area contributed by atoms with Gasteiger partial charge in [-0.05, 0) is 47.4 Å². The van der Waals surface area contributed by atoms with Crippen LogP contribution in [0.5, 0.6) is 0 Å². The highest BCUT2D eigenvalue weighted by Crippen LogP contribution is 2.44. The van der Waals surface area contributed by atoms with Crippen molar-refractivity contribution in [2.45, 2.75) is 57.5 Å². The molecule has 0 aromatic heterocycles. The second-order valence-corrected chi connectivity index (χ2v) is 9.60. The Balaban J connectivity index is 1.36. The molecule has 3 N–H and O–H groups in total. The number of rotatable bonds is 7. The summed E-state index contributed by atoms with van der Waals surface area (Å²) < 4.78 is 5.60. The van der Waals surface area contributed by atoms with Crippen molar-refractivity contribution in [1.82, 2.24) is 10.6 Å². The molecule has 7 nitrogen and oxygen atoms in total. The molecule has 0 aliphatic heterocycles. The fourth-order valence-electron chi connectivity index (χ4n) is 5.14. The third-order valence-corrected chi connectivity index (χ3v) is 6.94. The van der Waals surface area contributed by atoms with Crippen LogP contribution in [0.1, 0.15) is 56.6 Å². The average molecular weight is 465 g/mol. The number of carboxylic acid groups (broad SMARTS) is 1. The van der Waals surface area contributed by atoms with E-state index in [0.717, 1.165) is 35.1 Å². The van der Waals surface area contributed by atoms with Crippen molar-refractivity contribution in [1.29, 1.82) is 0 Å². The summed E-state index contributed by atoms with van der Waals surface area (Å²) in [5.74, 6) is -1.78. The lowest BCUT2D eigenvalue weighted by Gasteiger charge is -2.30. The van der Waals surface area contributed by atoms with Crippen molar-refractivity contribution in [2.24, 2.45) is 11.8 Å². The van der Waals surface area contributed by atoms with Gasteiger partial charge in [0.2, 0.25) is 5.91 Å². The molecule has 0 heterocycles. The monoisotopic (exact) mass is 464 g/mol. The number of aliphatic carboxylic acids is 1. The van der Waals surface area contributed by atoms with Gasteiger partial charge >= 0.3 is 12.1 Å². The molecule has 2 aliphatic rings. The third kappa shape index (κ3) is 5.08. The zero-order valence-electron chi connectivity index (χ0n) is 19.6. The molecule has 1 saturated carbocycles. The lowest BCUT2D eigenvalue weighted by molar-refractivity contribution is -0.143. The van der Waals surface area contributed by atoms with Gasteiger partial charge in [-0.1, -0.05) is 68.8 Å². The van der Waals surface area contributed by atoms with E-state index < -0.39 is 24.0 Å². The van der Waals surface area contributed by atoms with E-state index in [-0.39, 0.29) is 30.4 Å². The first-order valence-corrected chi connectivity index (χ1v) is 12.0. The normalized spacial score (nSPS) is 20.2. The maximum atomic E-state index is 12.9. The van der Waals surface area contributed by atoms with Gasteiger partial charge in [-0.25, -0.2) is 4.79 Å². The average Bonchev–Trinajstić information content (AvgIpc) is 3.15. The predicted molar refractivity (Wildman–Crippen MR) is 128 cm³/mol. The van der Waals surface area contributed by atoms with Gasteiger partial charge in [0.05, 0.1) is 5.92 Å². The summed E-state index contributed by atoms with van der Waals surface area (Å²) in [5, 5.41) is 15.0. The predicted octanol–water partition coefficient (Wildman–Crippen LogP) is 4.31. The lowest BCUT2D eigenvalue weighted by atomic mass is 9.85. The van der Waals surface area contributed by atoms with Crippen LogP contribution in [0.25, 0.3) is 11.1 Å². The molecule has 3 atom stereocenters. The number of hydrogen-bond donors (Lipinski definition) is 3. The van der Waals surface area contributed by atoms with E-state index in [0.29, 0.717) is 12.8 Å². The van der Waals surface area contributed by atoms with E-state index in [4.69, 9.17) is 4.74 Å². The van der Waals surface area contributed by atoms with E-state index >= 15 is 0 Å². The van der Waals surface area contributed by atoms with E-state index in [1.807, 2.05) is 38.1 Å². The highest BCUT2D eigenvalue weighted by molar-refractivity contribution is 5.86. The molecule has 0 saturated heterocycles. The minimum atomic E-state index is -0.823. The molecular weight excluding hydrogens is 432 g/mol. The molecule has 0 bridgehead atoms.